The number of hydrogen-bond donors (Lipinski definition) is 2. The molecule has 0 bridgehead atoms. The van der Waals surface area contributed by atoms with Gasteiger partial charge in [-0.2, -0.15) is 11.3 Å². The van der Waals surface area contributed by atoms with Crippen LogP contribution in [0, 0.1) is 0 Å². The molecule has 0 saturated carbocycles. The van der Waals surface area contributed by atoms with Crippen LogP contribution in [-0.2, 0) is 12.1 Å². The first-order chi connectivity index (χ1) is 15.5. The number of benzene rings is 2. The quantitative estimate of drug-likeness (QED) is 0.385. The lowest BCUT2D eigenvalue weighted by atomic mass is 9.84. The number of fused-ring (bicyclic) bond motifs is 1. The molecule has 5 nitrogen and oxygen atoms in total. The van der Waals surface area contributed by atoms with E-state index in [1.165, 1.54) is 5.56 Å². The summed E-state index contributed by atoms with van der Waals surface area (Å²) in [7, 11) is 0. The number of anilines is 1. The largest absolute Gasteiger partial charge is 0.451 e. The zero-order chi connectivity index (χ0) is 22.1. The fourth-order valence-electron chi connectivity index (χ4n) is 4.18. The Morgan fingerprint density at radius 2 is 1.91 bits per heavy atom. The second-order valence-electron chi connectivity index (χ2n) is 8.26. The number of aliphatic hydroxyl groups is 1. The van der Waals surface area contributed by atoms with Crippen LogP contribution >= 0.6 is 22.9 Å². The number of carbonyl (C=O) groups is 1. The molecule has 5 rings (SSSR count). The van der Waals surface area contributed by atoms with E-state index in [-0.39, 0.29) is 11.7 Å². The second-order valence-corrected chi connectivity index (χ2v) is 9.48. The minimum atomic E-state index is -0.873. The van der Waals surface area contributed by atoms with Crippen molar-refractivity contribution in [3.8, 4) is 0 Å². The third-order valence-corrected chi connectivity index (χ3v) is 7.03. The third kappa shape index (κ3) is 4.45. The third-order valence-electron chi connectivity index (χ3n) is 6.05. The van der Waals surface area contributed by atoms with E-state index >= 15 is 0 Å². The topological polar surface area (TPSA) is 65.7 Å². The zero-order valence-electron chi connectivity index (χ0n) is 17.4. The maximum atomic E-state index is 12.6. The molecule has 1 aliphatic rings. The van der Waals surface area contributed by atoms with Crippen molar-refractivity contribution in [2.45, 2.75) is 25.0 Å². The number of furan rings is 1. The minimum Gasteiger partial charge on any atom is -0.451 e. The van der Waals surface area contributed by atoms with E-state index in [0.29, 0.717) is 29.1 Å². The van der Waals surface area contributed by atoms with Gasteiger partial charge in [-0.3, -0.25) is 9.69 Å². The summed E-state index contributed by atoms with van der Waals surface area (Å²) >= 11 is 7.61. The Labute approximate surface area is 195 Å². The van der Waals surface area contributed by atoms with Crippen LogP contribution in [0.1, 0.15) is 34.5 Å². The lowest BCUT2D eigenvalue weighted by Gasteiger charge is -2.38. The lowest BCUT2D eigenvalue weighted by Crippen LogP contribution is -2.42. The average molecular weight is 467 g/mol. The summed E-state index contributed by atoms with van der Waals surface area (Å²) in [6, 6.07) is 16.5. The number of thiophene rings is 1. The maximum absolute atomic E-state index is 12.6. The van der Waals surface area contributed by atoms with Crippen LogP contribution in [0.4, 0.5) is 5.69 Å². The molecule has 2 N–H and O–H groups in total. The number of halogens is 1. The van der Waals surface area contributed by atoms with Gasteiger partial charge in [0.05, 0.1) is 5.60 Å². The number of nitrogens with zero attached hydrogens (tertiary/aromatic N) is 1. The molecule has 4 aromatic rings. The summed E-state index contributed by atoms with van der Waals surface area (Å²) in [5, 5.41) is 19.8. The van der Waals surface area contributed by atoms with Crippen molar-refractivity contribution >= 4 is 45.5 Å². The molecule has 1 aliphatic heterocycles. The number of amides is 1. The first-order valence-electron chi connectivity index (χ1n) is 10.6. The summed E-state index contributed by atoms with van der Waals surface area (Å²) < 4.78 is 5.75. The van der Waals surface area contributed by atoms with Crippen LogP contribution < -0.4 is 5.32 Å². The highest BCUT2D eigenvalue weighted by atomic mass is 35.5. The van der Waals surface area contributed by atoms with Gasteiger partial charge in [-0.15, -0.1) is 0 Å². The normalized spacial score (nSPS) is 16.3. The number of likely N-dealkylation sites (tertiary alicyclic amines) is 1. The van der Waals surface area contributed by atoms with Crippen molar-refractivity contribution in [1.29, 1.82) is 0 Å². The van der Waals surface area contributed by atoms with E-state index in [1.54, 1.807) is 41.7 Å². The molecule has 1 amide bonds. The van der Waals surface area contributed by atoms with Crippen LogP contribution in [0.25, 0.3) is 11.0 Å². The number of nitrogens with one attached hydrogen (secondary N) is 1. The fraction of sp³-hybridized carbons (Fsp3) is 0.240. The van der Waals surface area contributed by atoms with E-state index in [0.717, 1.165) is 30.6 Å². The molecular formula is C25H23ClN2O3S. The zero-order valence-corrected chi connectivity index (χ0v) is 19.0. The fourth-order valence-corrected chi connectivity index (χ4v) is 4.97. The molecule has 2 aromatic carbocycles. The molecule has 2 aromatic heterocycles. The molecule has 1 saturated heterocycles. The first kappa shape index (κ1) is 21.2. The van der Waals surface area contributed by atoms with Gasteiger partial charge in [-0.05, 0) is 83.3 Å². The molecule has 0 spiro atoms. The predicted octanol–water partition coefficient (Wildman–Crippen LogP) is 5.88. The van der Waals surface area contributed by atoms with Crippen LogP contribution in [0.15, 0.2) is 69.8 Å². The van der Waals surface area contributed by atoms with Crippen LogP contribution in [0.3, 0.4) is 0 Å². The standard InChI is InChI=1S/C25H23ClN2O3S/c26-20-2-4-21(5-3-20)27-24(29)23-14-18-13-19(1-6-22(18)31-23)25(30)8-10-28(11-9-25)15-17-7-12-32-16-17/h1-7,12-14,16,30H,8-11,15H2,(H,27,29). The molecule has 164 valence electrons. The Bertz CT molecular complexity index is 1230. The molecule has 0 atom stereocenters. The van der Waals surface area contributed by atoms with Crippen molar-refractivity contribution < 1.29 is 14.3 Å². The molecule has 0 unspecified atom stereocenters. The van der Waals surface area contributed by atoms with Crippen LogP contribution in [0.2, 0.25) is 5.02 Å². The van der Waals surface area contributed by atoms with Gasteiger partial charge < -0.3 is 14.8 Å². The Morgan fingerprint density at radius 3 is 2.62 bits per heavy atom. The number of hydrogen-bond acceptors (Lipinski definition) is 5. The summed E-state index contributed by atoms with van der Waals surface area (Å²) in [6.45, 7) is 2.60. The average Bonchev–Trinajstić information content (AvgIpc) is 3.46. The molecule has 0 aliphatic carbocycles. The molecule has 1 fully saturated rings. The van der Waals surface area contributed by atoms with Crippen molar-refractivity contribution in [3.05, 3.63) is 87.3 Å². The van der Waals surface area contributed by atoms with Crippen molar-refractivity contribution in [1.82, 2.24) is 4.90 Å². The number of piperidine rings is 1. The Kier molecular flexibility index (Phi) is 5.78. The van der Waals surface area contributed by atoms with Gasteiger partial charge in [-0.25, -0.2) is 0 Å². The maximum Gasteiger partial charge on any atom is 0.291 e. The smallest absolute Gasteiger partial charge is 0.291 e. The summed E-state index contributed by atoms with van der Waals surface area (Å²) in [5.74, 6) is -0.102. The SMILES string of the molecule is O=C(Nc1ccc(Cl)cc1)c1cc2cc(C3(O)CCN(Cc4ccsc4)CC3)ccc2o1. The number of rotatable bonds is 5. The second kappa shape index (κ2) is 8.71. The Balaban J connectivity index is 1.29. The van der Waals surface area contributed by atoms with Gasteiger partial charge in [-0.1, -0.05) is 17.7 Å². The van der Waals surface area contributed by atoms with Gasteiger partial charge in [0, 0.05) is 35.7 Å². The molecule has 7 heteroatoms. The molecule has 3 heterocycles. The number of carbonyl (C=O) groups excluding carboxylic acids is 1. The van der Waals surface area contributed by atoms with Gasteiger partial charge >= 0.3 is 0 Å². The van der Waals surface area contributed by atoms with Gasteiger partial charge in [0.2, 0.25) is 0 Å². The van der Waals surface area contributed by atoms with Gasteiger partial charge in [0.1, 0.15) is 5.58 Å². The highest BCUT2D eigenvalue weighted by Crippen LogP contribution is 2.35. The van der Waals surface area contributed by atoms with E-state index in [2.05, 4.69) is 27.0 Å². The van der Waals surface area contributed by atoms with Crippen molar-refractivity contribution in [3.63, 3.8) is 0 Å². The van der Waals surface area contributed by atoms with E-state index in [9.17, 15) is 9.90 Å². The summed E-state index contributed by atoms with van der Waals surface area (Å²) in [4.78, 5) is 15.0. The molecular weight excluding hydrogens is 444 g/mol. The van der Waals surface area contributed by atoms with E-state index < -0.39 is 5.60 Å². The van der Waals surface area contributed by atoms with Crippen molar-refractivity contribution in [2.75, 3.05) is 18.4 Å². The van der Waals surface area contributed by atoms with Gasteiger partial charge in [0.15, 0.2) is 5.76 Å². The molecule has 0 radical (unpaired) electrons. The Hall–Kier alpha value is -2.64. The highest BCUT2D eigenvalue weighted by molar-refractivity contribution is 7.07. The Morgan fingerprint density at radius 1 is 1.12 bits per heavy atom. The monoisotopic (exact) mass is 466 g/mol. The summed E-state index contributed by atoms with van der Waals surface area (Å²) in [6.07, 6.45) is 1.34. The van der Waals surface area contributed by atoms with Crippen LogP contribution in [0.5, 0.6) is 0 Å². The predicted molar refractivity (Wildman–Crippen MR) is 128 cm³/mol. The van der Waals surface area contributed by atoms with E-state index in [4.69, 9.17) is 16.0 Å². The molecule has 32 heavy (non-hydrogen) atoms. The lowest BCUT2D eigenvalue weighted by molar-refractivity contribution is -0.0276. The van der Waals surface area contributed by atoms with Gasteiger partial charge in [0.25, 0.3) is 5.91 Å². The highest BCUT2D eigenvalue weighted by Gasteiger charge is 2.34. The minimum absolute atomic E-state index is 0.227. The van der Waals surface area contributed by atoms with Crippen LogP contribution in [-0.4, -0.2) is 29.0 Å². The summed E-state index contributed by atoms with van der Waals surface area (Å²) in [5.41, 5.74) is 2.58. The van der Waals surface area contributed by atoms with E-state index in [1.807, 2.05) is 18.2 Å². The van der Waals surface area contributed by atoms with Crippen molar-refractivity contribution in [2.24, 2.45) is 0 Å². The first-order valence-corrected chi connectivity index (χ1v) is 11.9.